The summed E-state index contributed by atoms with van der Waals surface area (Å²) in [7, 11) is 0. The first-order valence-corrected chi connectivity index (χ1v) is 5.10. The number of rotatable bonds is 5. The molecule has 0 aliphatic heterocycles. The summed E-state index contributed by atoms with van der Waals surface area (Å²) in [5.74, 6) is 0. The molecule has 0 radical (unpaired) electrons. The third-order valence-corrected chi connectivity index (χ3v) is 2.39. The molecule has 0 aromatic carbocycles. The van der Waals surface area contributed by atoms with Gasteiger partial charge in [0.15, 0.2) is 0 Å². The van der Waals surface area contributed by atoms with E-state index in [0.29, 0.717) is 0 Å². The number of aromatic nitrogens is 3. The third-order valence-electron chi connectivity index (χ3n) is 2.39. The minimum absolute atomic E-state index is 0.120. The molecule has 0 saturated heterocycles. The van der Waals surface area contributed by atoms with Crippen LogP contribution in [0.4, 0.5) is 0 Å². The van der Waals surface area contributed by atoms with Gasteiger partial charge in [0.2, 0.25) is 0 Å². The molecule has 0 aliphatic carbocycles. The van der Waals surface area contributed by atoms with Crippen LogP contribution in [0.1, 0.15) is 12.0 Å². The van der Waals surface area contributed by atoms with Crippen molar-refractivity contribution in [3.8, 4) is 0 Å². The largest absolute Gasteiger partial charge is 0.392 e. The summed E-state index contributed by atoms with van der Waals surface area (Å²) in [5.41, 5.74) is 0.970. The molecule has 15 heavy (non-hydrogen) atoms. The SMILES string of the molecule is OCc1ccn(CCCn2ccnc2)c1. The first-order chi connectivity index (χ1) is 7.38. The van der Waals surface area contributed by atoms with Gasteiger partial charge in [0.25, 0.3) is 0 Å². The zero-order valence-corrected chi connectivity index (χ0v) is 8.58. The average molecular weight is 205 g/mol. The highest BCUT2D eigenvalue weighted by atomic mass is 16.3. The second-order valence-electron chi connectivity index (χ2n) is 3.57. The van der Waals surface area contributed by atoms with Crippen molar-refractivity contribution in [2.45, 2.75) is 26.1 Å². The topological polar surface area (TPSA) is 43.0 Å². The van der Waals surface area contributed by atoms with E-state index < -0.39 is 0 Å². The lowest BCUT2D eigenvalue weighted by atomic mass is 10.4. The van der Waals surface area contributed by atoms with Crippen LogP contribution in [0.2, 0.25) is 0 Å². The van der Waals surface area contributed by atoms with Crippen LogP contribution in [0.3, 0.4) is 0 Å². The molecule has 4 nitrogen and oxygen atoms in total. The van der Waals surface area contributed by atoms with Crippen LogP contribution in [-0.2, 0) is 19.7 Å². The van der Waals surface area contributed by atoms with Crippen molar-refractivity contribution in [2.24, 2.45) is 0 Å². The minimum atomic E-state index is 0.120. The molecule has 0 aliphatic rings. The second kappa shape index (κ2) is 4.79. The molecule has 0 amide bonds. The lowest BCUT2D eigenvalue weighted by Crippen LogP contribution is -2.00. The van der Waals surface area contributed by atoms with Gasteiger partial charge in [0.1, 0.15) is 0 Å². The van der Waals surface area contributed by atoms with Gasteiger partial charge >= 0.3 is 0 Å². The molecule has 0 spiro atoms. The third kappa shape index (κ3) is 2.70. The Bertz CT molecular complexity index is 392. The van der Waals surface area contributed by atoms with Crippen molar-refractivity contribution in [3.63, 3.8) is 0 Å². The maximum atomic E-state index is 8.90. The Morgan fingerprint density at radius 3 is 2.73 bits per heavy atom. The van der Waals surface area contributed by atoms with E-state index in [-0.39, 0.29) is 6.61 Å². The Morgan fingerprint density at radius 2 is 2.07 bits per heavy atom. The normalized spacial score (nSPS) is 10.7. The predicted molar refractivity (Wildman–Crippen MR) is 57.2 cm³/mol. The molecule has 0 fully saturated rings. The van der Waals surface area contributed by atoms with E-state index in [1.165, 1.54) is 0 Å². The van der Waals surface area contributed by atoms with Gasteiger partial charge in [-0.3, -0.25) is 0 Å². The Kier molecular flexibility index (Phi) is 3.19. The van der Waals surface area contributed by atoms with E-state index in [9.17, 15) is 0 Å². The van der Waals surface area contributed by atoms with E-state index in [1.807, 2.05) is 31.0 Å². The Balaban J connectivity index is 1.78. The van der Waals surface area contributed by atoms with E-state index in [4.69, 9.17) is 5.11 Å². The van der Waals surface area contributed by atoms with Crippen molar-refractivity contribution < 1.29 is 5.11 Å². The fourth-order valence-electron chi connectivity index (χ4n) is 1.58. The number of nitrogens with zero attached hydrogens (tertiary/aromatic N) is 3. The number of imidazole rings is 1. The van der Waals surface area contributed by atoms with E-state index in [2.05, 4.69) is 14.1 Å². The summed E-state index contributed by atoms with van der Waals surface area (Å²) in [6, 6.07) is 1.94. The highest BCUT2D eigenvalue weighted by Gasteiger charge is 1.95. The van der Waals surface area contributed by atoms with Crippen LogP contribution in [-0.4, -0.2) is 19.2 Å². The number of aliphatic hydroxyl groups is 1. The smallest absolute Gasteiger partial charge is 0.0945 e. The van der Waals surface area contributed by atoms with Crippen LogP contribution in [0.25, 0.3) is 0 Å². The Morgan fingerprint density at radius 1 is 1.20 bits per heavy atom. The number of aliphatic hydroxyl groups excluding tert-OH is 1. The van der Waals surface area contributed by atoms with Gasteiger partial charge in [0, 0.05) is 37.9 Å². The number of hydrogen-bond acceptors (Lipinski definition) is 2. The molecule has 4 heteroatoms. The quantitative estimate of drug-likeness (QED) is 0.798. The molecule has 0 bridgehead atoms. The average Bonchev–Trinajstić information content (AvgIpc) is 2.88. The Labute approximate surface area is 88.8 Å². The van der Waals surface area contributed by atoms with Crippen molar-refractivity contribution in [3.05, 3.63) is 42.7 Å². The van der Waals surface area contributed by atoms with Crippen molar-refractivity contribution in [1.29, 1.82) is 0 Å². The minimum Gasteiger partial charge on any atom is -0.392 e. The van der Waals surface area contributed by atoms with Gasteiger partial charge in [0.05, 0.1) is 12.9 Å². The van der Waals surface area contributed by atoms with Crippen LogP contribution < -0.4 is 0 Å². The van der Waals surface area contributed by atoms with E-state index in [0.717, 1.165) is 25.1 Å². The maximum Gasteiger partial charge on any atom is 0.0945 e. The molecule has 80 valence electrons. The fourth-order valence-corrected chi connectivity index (χ4v) is 1.58. The number of hydrogen-bond donors (Lipinski definition) is 1. The fraction of sp³-hybridized carbons (Fsp3) is 0.364. The molecule has 0 saturated carbocycles. The number of aryl methyl sites for hydroxylation is 2. The van der Waals surface area contributed by atoms with E-state index in [1.54, 1.807) is 6.20 Å². The van der Waals surface area contributed by atoms with E-state index >= 15 is 0 Å². The summed E-state index contributed by atoms with van der Waals surface area (Å²) in [6.07, 6.45) is 10.6. The van der Waals surface area contributed by atoms with Crippen LogP contribution >= 0.6 is 0 Å². The van der Waals surface area contributed by atoms with Gasteiger partial charge in [-0.2, -0.15) is 0 Å². The molecule has 1 N–H and O–H groups in total. The molecule has 2 rings (SSSR count). The standard InChI is InChI=1S/C11H15N3O/c15-9-11-2-6-13(8-11)4-1-5-14-7-3-12-10-14/h2-3,6-8,10,15H,1,4-5,9H2. The summed E-state index contributed by atoms with van der Waals surface area (Å²) < 4.78 is 4.17. The zero-order valence-electron chi connectivity index (χ0n) is 8.58. The molecule has 0 unspecified atom stereocenters. The van der Waals surface area contributed by atoms with Gasteiger partial charge < -0.3 is 14.2 Å². The molecular weight excluding hydrogens is 190 g/mol. The van der Waals surface area contributed by atoms with Gasteiger partial charge in [-0.15, -0.1) is 0 Å². The Hall–Kier alpha value is -1.55. The van der Waals surface area contributed by atoms with Crippen LogP contribution in [0.5, 0.6) is 0 Å². The van der Waals surface area contributed by atoms with Crippen LogP contribution in [0.15, 0.2) is 37.2 Å². The van der Waals surface area contributed by atoms with Gasteiger partial charge in [-0.1, -0.05) is 0 Å². The van der Waals surface area contributed by atoms with Crippen LogP contribution in [0, 0.1) is 0 Å². The molecule has 2 aromatic rings. The summed E-state index contributed by atoms with van der Waals surface area (Å²) in [4.78, 5) is 3.99. The summed E-state index contributed by atoms with van der Waals surface area (Å²) in [5, 5.41) is 8.90. The second-order valence-corrected chi connectivity index (χ2v) is 3.57. The van der Waals surface area contributed by atoms with Crippen molar-refractivity contribution in [2.75, 3.05) is 0 Å². The molecule has 0 atom stereocenters. The first kappa shape index (κ1) is 9.98. The summed E-state index contributed by atoms with van der Waals surface area (Å²) in [6.45, 7) is 2.07. The van der Waals surface area contributed by atoms with Crippen molar-refractivity contribution >= 4 is 0 Å². The van der Waals surface area contributed by atoms with Crippen molar-refractivity contribution in [1.82, 2.24) is 14.1 Å². The maximum absolute atomic E-state index is 8.90. The summed E-state index contributed by atoms with van der Waals surface area (Å²) >= 11 is 0. The lowest BCUT2D eigenvalue weighted by Gasteiger charge is -2.03. The molecular formula is C11H15N3O. The predicted octanol–water partition coefficient (Wildman–Crippen LogP) is 1.27. The van der Waals surface area contributed by atoms with Gasteiger partial charge in [-0.25, -0.2) is 4.98 Å². The first-order valence-electron chi connectivity index (χ1n) is 5.10. The molecule has 2 heterocycles. The lowest BCUT2D eigenvalue weighted by molar-refractivity contribution is 0.281. The highest BCUT2D eigenvalue weighted by molar-refractivity contribution is 5.08. The zero-order chi connectivity index (χ0) is 10.5. The highest BCUT2D eigenvalue weighted by Crippen LogP contribution is 2.02. The van der Waals surface area contributed by atoms with Gasteiger partial charge in [-0.05, 0) is 18.1 Å². The monoisotopic (exact) mass is 205 g/mol. The molecule has 2 aromatic heterocycles.